The Morgan fingerprint density at radius 3 is 1.17 bits per heavy atom. The fourth-order valence-electron chi connectivity index (χ4n) is 5.76. The SMILES string of the molecule is C1=C\CC/C=C\CC/1.C[C@@H]1CC[C@@H](C)P1[C@@H](C)C[C@H](C)P1[C@H](C)CC[C@H]1C.O=S(=O)(O)C(F)(F)F.[Rh]. The first-order chi connectivity index (χ1) is 16.2. The van der Waals surface area contributed by atoms with Gasteiger partial charge in [0.15, 0.2) is 0 Å². The second-order valence-electron chi connectivity index (χ2n) is 10.4. The number of allylic oxidation sites excluding steroid dienone is 4. The molecule has 3 nitrogen and oxygen atoms in total. The van der Waals surface area contributed by atoms with Crippen molar-refractivity contribution in [3.05, 3.63) is 24.3 Å². The predicted molar refractivity (Wildman–Crippen MR) is 148 cm³/mol. The predicted octanol–water partition coefficient (Wildman–Crippen LogP) is 9.32. The van der Waals surface area contributed by atoms with Crippen molar-refractivity contribution in [2.24, 2.45) is 0 Å². The summed E-state index contributed by atoms with van der Waals surface area (Å²) in [5, 5.41) is 0. The molecular formula is C26H47F3O3P2RhS. The van der Waals surface area contributed by atoms with Gasteiger partial charge >= 0.3 is 15.6 Å². The van der Waals surface area contributed by atoms with Gasteiger partial charge in [0, 0.05) is 19.5 Å². The summed E-state index contributed by atoms with van der Waals surface area (Å²) < 4.78 is 57.5. The maximum absolute atomic E-state index is 10.7. The average Bonchev–Trinajstić information content (AvgIpc) is 3.21. The second-order valence-corrected chi connectivity index (χ2v) is 18.9. The average molecular weight is 662 g/mol. The van der Waals surface area contributed by atoms with Crippen molar-refractivity contribution < 1.29 is 45.6 Å². The van der Waals surface area contributed by atoms with E-state index in [2.05, 4.69) is 65.8 Å². The maximum atomic E-state index is 10.7. The van der Waals surface area contributed by atoms with Gasteiger partial charge in [-0.25, -0.2) is 0 Å². The van der Waals surface area contributed by atoms with Gasteiger partial charge in [-0.1, -0.05) is 81.7 Å². The molecule has 2 saturated heterocycles. The summed E-state index contributed by atoms with van der Waals surface area (Å²) in [7, 11) is -5.23. The molecular weight excluding hydrogens is 614 g/mol. The number of hydrogen-bond donors (Lipinski definition) is 1. The molecule has 0 amide bonds. The molecule has 0 saturated carbocycles. The summed E-state index contributed by atoms with van der Waals surface area (Å²) in [6, 6.07) is 0. The molecule has 3 rings (SSSR count). The molecule has 3 aliphatic rings. The van der Waals surface area contributed by atoms with E-state index in [-0.39, 0.29) is 19.5 Å². The molecule has 0 aromatic heterocycles. The minimum atomic E-state index is -5.84. The smallest absolute Gasteiger partial charge is 0.279 e. The molecule has 0 aromatic rings. The van der Waals surface area contributed by atoms with Crippen LogP contribution in [-0.2, 0) is 29.6 Å². The summed E-state index contributed by atoms with van der Waals surface area (Å²) in [4.78, 5) is 0. The summed E-state index contributed by atoms with van der Waals surface area (Å²) >= 11 is 0. The van der Waals surface area contributed by atoms with E-state index in [4.69, 9.17) is 13.0 Å². The zero-order valence-corrected chi connectivity index (χ0v) is 26.9. The second kappa shape index (κ2) is 17.4. The van der Waals surface area contributed by atoms with E-state index >= 15 is 0 Å². The first kappa shape index (κ1) is 36.7. The van der Waals surface area contributed by atoms with Crippen molar-refractivity contribution in [1.82, 2.24) is 0 Å². The first-order valence-corrected chi connectivity index (χ1v) is 17.6. The van der Waals surface area contributed by atoms with Crippen molar-refractivity contribution in [3.8, 4) is 0 Å². The van der Waals surface area contributed by atoms with Crippen LogP contribution in [0.1, 0.15) is 99.3 Å². The molecule has 10 heteroatoms. The molecule has 215 valence electrons. The van der Waals surface area contributed by atoms with Crippen LogP contribution in [0.5, 0.6) is 0 Å². The van der Waals surface area contributed by atoms with Gasteiger partial charge in [0.25, 0.3) is 0 Å². The van der Waals surface area contributed by atoms with Gasteiger partial charge in [-0.15, -0.1) is 0 Å². The molecule has 2 heterocycles. The topological polar surface area (TPSA) is 54.4 Å². The van der Waals surface area contributed by atoms with Crippen LogP contribution in [0.15, 0.2) is 24.3 Å². The molecule has 0 unspecified atom stereocenters. The van der Waals surface area contributed by atoms with E-state index in [0.29, 0.717) is 15.8 Å². The van der Waals surface area contributed by atoms with Crippen LogP contribution in [0.3, 0.4) is 0 Å². The Morgan fingerprint density at radius 2 is 0.972 bits per heavy atom. The third kappa shape index (κ3) is 12.7. The van der Waals surface area contributed by atoms with Crippen LogP contribution in [0.25, 0.3) is 0 Å². The molecule has 0 spiro atoms. The Balaban J connectivity index is 0.000000599. The Morgan fingerprint density at radius 1 is 0.750 bits per heavy atom. The zero-order valence-electron chi connectivity index (χ0n) is 22.7. The molecule has 1 aliphatic carbocycles. The Bertz CT molecular complexity index is 703. The summed E-state index contributed by atoms with van der Waals surface area (Å²) in [5.74, 6) is 0. The third-order valence-electron chi connectivity index (χ3n) is 7.37. The van der Waals surface area contributed by atoms with Crippen LogP contribution in [-0.4, -0.2) is 52.4 Å². The van der Waals surface area contributed by atoms with Crippen molar-refractivity contribution in [3.63, 3.8) is 0 Å². The van der Waals surface area contributed by atoms with Crippen molar-refractivity contribution >= 4 is 26.0 Å². The maximum Gasteiger partial charge on any atom is 0.522 e. The van der Waals surface area contributed by atoms with Gasteiger partial charge in [-0.3, -0.25) is 4.55 Å². The van der Waals surface area contributed by atoms with Crippen molar-refractivity contribution in [1.29, 1.82) is 0 Å². The van der Waals surface area contributed by atoms with E-state index in [1.807, 2.05) is 0 Å². The normalized spacial score (nSPS) is 30.8. The minimum absolute atomic E-state index is 0. The fraction of sp³-hybridized carbons (Fsp3) is 0.846. The Kier molecular flexibility index (Phi) is 17.7. The third-order valence-corrected chi connectivity index (χ3v) is 15.5. The molecule has 1 N–H and O–H groups in total. The van der Waals surface area contributed by atoms with Gasteiger partial charge < -0.3 is 0 Å². The molecule has 2 fully saturated rings. The standard InChI is InChI=1S/C17H34P2.C8H12.CHF3O3S.Rh/c1-12-7-8-13(2)18(12)16(5)11-17(6)19-14(3)9-10-15(19)4;1-2-4-6-8-7-5-3-1;2-1(3,4)8(5,6)7;/h12-17H,7-11H2,1-6H3;1-2,7-8H,3-6H2;(H,5,6,7);/b;2-1-,8-7-;;/t12-,13-,14-,15-,16+,17+;;;/m1.../s1. The van der Waals surface area contributed by atoms with Gasteiger partial charge in [0.2, 0.25) is 0 Å². The van der Waals surface area contributed by atoms with E-state index in [1.165, 1.54) is 57.8 Å². The number of rotatable bonds is 4. The van der Waals surface area contributed by atoms with Crippen LogP contribution in [0.2, 0.25) is 0 Å². The minimum Gasteiger partial charge on any atom is -0.279 e. The van der Waals surface area contributed by atoms with Crippen LogP contribution < -0.4 is 0 Å². The largest absolute Gasteiger partial charge is 0.522 e. The van der Waals surface area contributed by atoms with E-state index in [1.54, 1.807) is 0 Å². The summed E-state index contributed by atoms with van der Waals surface area (Å²) in [5.41, 5.74) is 0.654. The summed E-state index contributed by atoms with van der Waals surface area (Å²) in [6.07, 6.45) is 21.6. The molecule has 6 atom stereocenters. The first-order valence-electron chi connectivity index (χ1n) is 13.0. The number of alkyl halides is 3. The molecule has 0 aromatic carbocycles. The zero-order chi connectivity index (χ0) is 26.8. The molecule has 1 radical (unpaired) electrons. The van der Waals surface area contributed by atoms with Crippen LogP contribution in [0.4, 0.5) is 13.2 Å². The Labute approximate surface area is 233 Å². The van der Waals surface area contributed by atoms with Crippen LogP contribution in [0, 0.1) is 0 Å². The van der Waals surface area contributed by atoms with Gasteiger partial charge in [-0.2, -0.15) is 21.6 Å². The number of hydrogen-bond acceptors (Lipinski definition) is 2. The fourth-order valence-corrected chi connectivity index (χ4v) is 14.0. The molecule has 2 aliphatic heterocycles. The van der Waals surface area contributed by atoms with Gasteiger partial charge in [0.05, 0.1) is 0 Å². The quantitative estimate of drug-likeness (QED) is 0.107. The van der Waals surface area contributed by atoms with Crippen molar-refractivity contribution in [2.45, 2.75) is 139 Å². The van der Waals surface area contributed by atoms with E-state index < -0.39 is 15.6 Å². The van der Waals surface area contributed by atoms with E-state index in [0.717, 1.165) is 34.0 Å². The Hall–Kier alpha value is 0.663. The molecule has 36 heavy (non-hydrogen) atoms. The van der Waals surface area contributed by atoms with Gasteiger partial charge in [0.1, 0.15) is 0 Å². The molecule has 0 bridgehead atoms. The van der Waals surface area contributed by atoms with Gasteiger partial charge in [-0.05, 0) is 91.7 Å². The summed E-state index contributed by atoms with van der Waals surface area (Å²) in [6.45, 7) is 15.3. The number of halogens is 3. The van der Waals surface area contributed by atoms with Crippen molar-refractivity contribution in [2.75, 3.05) is 0 Å². The van der Waals surface area contributed by atoms with Crippen LogP contribution >= 0.6 is 15.8 Å². The van der Waals surface area contributed by atoms with E-state index in [9.17, 15) is 13.2 Å². The monoisotopic (exact) mass is 661 g/mol.